The molecular weight excluding hydrogens is 444 g/mol. The van der Waals surface area contributed by atoms with Gasteiger partial charge in [0.05, 0.1) is 12.0 Å². The van der Waals surface area contributed by atoms with Crippen molar-refractivity contribution in [1.82, 2.24) is 14.5 Å². The first-order valence-corrected chi connectivity index (χ1v) is 11.7. The van der Waals surface area contributed by atoms with Gasteiger partial charge in [-0.05, 0) is 60.9 Å². The lowest BCUT2D eigenvalue weighted by Gasteiger charge is -2.09. The van der Waals surface area contributed by atoms with Gasteiger partial charge in [-0.2, -0.15) is 0 Å². The average molecular weight is 469 g/mol. The van der Waals surface area contributed by atoms with Gasteiger partial charge in [0.1, 0.15) is 17.9 Å². The molecule has 170 valence electrons. The maximum Gasteiger partial charge on any atom is 0.150 e. The quantitative estimate of drug-likeness (QED) is 0.272. The van der Waals surface area contributed by atoms with E-state index in [4.69, 9.17) is 16.3 Å². The Bertz CT molecular complexity index is 1380. The number of fused-ring (bicyclic) bond motifs is 1. The Hall–Kier alpha value is -3.83. The molecule has 5 nitrogen and oxygen atoms in total. The summed E-state index contributed by atoms with van der Waals surface area (Å²) in [5, 5.41) is 5.28. The van der Waals surface area contributed by atoms with Crippen LogP contribution in [0.1, 0.15) is 12.5 Å². The lowest BCUT2D eigenvalue weighted by atomic mass is 10.1. The van der Waals surface area contributed by atoms with E-state index in [-0.39, 0.29) is 0 Å². The number of benzene rings is 3. The van der Waals surface area contributed by atoms with Crippen molar-refractivity contribution in [1.29, 1.82) is 0 Å². The van der Waals surface area contributed by atoms with E-state index in [0.717, 1.165) is 57.4 Å². The zero-order valence-electron chi connectivity index (χ0n) is 18.9. The Morgan fingerprint density at radius 3 is 2.41 bits per heavy atom. The predicted octanol–water partition coefficient (Wildman–Crippen LogP) is 6.79. The smallest absolute Gasteiger partial charge is 0.150 e. The molecule has 0 radical (unpaired) electrons. The van der Waals surface area contributed by atoms with Crippen molar-refractivity contribution in [2.24, 2.45) is 0 Å². The van der Waals surface area contributed by atoms with Crippen LogP contribution in [0.3, 0.4) is 0 Å². The number of aromatic nitrogens is 3. The van der Waals surface area contributed by atoms with Gasteiger partial charge in [-0.1, -0.05) is 54.1 Å². The summed E-state index contributed by atoms with van der Waals surface area (Å²) in [6, 6.07) is 26.4. The molecule has 0 amide bonds. The first-order chi connectivity index (χ1) is 16.7. The molecule has 0 bridgehead atoms. The molecule has 0 aliphatic carbocycles. The summed E-state index contributed by atoms with van der Waals surface area (Å²) in [7, 11) is 0. The molecular formula is C28H25ClN4O. The van der Waals surface area contributed by atoms with Crippen molar-refractivity contribution >= 4 is 28.5 Å². The van der Waals surface area contributed by atoms with Gasteiger partial charge in [-0.15, -0.1) is 0 Å². The summed E-state index contributed by atoms with van der Waals surface area (Å²) in [5.74, 6) is 1.67. The largest absolute Gasteiger partial charge is 0.494 e. The molecule has 2 heterocycles. The van der Waals surface area contributed by atoms with Crippen LogP contribution in [0.25, 0.3) is 27.8 Å². The van der Waals surface area contributed by atoms with Gasteiger partial charge in [0, 0.05) is 29.0 Å². The molecule has 0 unspecified atom stereocenters. The zero-order valence-corrected chi connectivity index (χ0v) is 19.7. The molecule has 0 atom stereocenters. The number of anilines is 1. The van der Waals surface area contributed by atoms with Crippen molar-refractivity contribution in [2.45, 2.75) is 13.3 Å². The second-order valence-corrected chi connectivity index (χ2v) is 8.37. The highest BCUT2D eigenvalue weighted by molar-refractivity contribution is 6.30. The molecule has 0 fully saturated rings. The molecule has 0 spiro atoms. The molecule has 2 aromatic heterocycles. The third-order valence-electron chi connectivity index (χ3n) is 5.71. The lowest BCUT2D eigenvalue weighted by Crippen LogP contribution is -2.07. The second kappa shape index (κ2) is 9.98. The van der Waals surface area contributed by atoms with Crippen molar-refractivity contribution in [2.75, 3.05) is 18.5 Å². The lowest BCUT2D eigenvalue weighted by molar-refractivity contribution is 0.340. The monoisotopic (exact) mass is 468 g/mol. The van der Waals surface area contributed by atoms with E-state index in [1.165, 1.54) is 5.56 Å². The van der Waals surface area contributed by atoms with Gasteiger partial charge in [0.25, 0.3) is 0 Å². The van der Waals surface area contributed by atoms with Crippen LogP contribution in [0, 0.1) is 0 Å². The van der Waals surface area contributed by atoms with E-state index in [9.17, 15) is 0 Å². The molecule has 0 saturated heterocycles. The normalized spacial score (nSPS) is 11.0. The van der Waals surface area contributed by atoms with Crippen LogP contribution in [0.2, 0.25) is 5.02 Å². The molecule has 5 aromatic rings. The highest BCUT2D eigenvalue weighted by Gasteiger charge is 2.17. The predicted molar refractivity (Wildman–Crippen MR) is 139 cm³/mol. The number of rotatable bonds is 8. The van der Waals surface area contributed by atoms with Crippen LogP contribution in [-0.4, -0.2) is 27.7 Å². The van der Waals surface area contributed by atoms with Crippen LogP contribution in [0.4, 0.5) is 5.82 Å². The van der Waals surface area contributed by atoms with Gasteiger partial charge in [-0.25, -0.2) is 9.97 Å². The van der Waals surface area contributed by atoms with Gasteiger partial charge in [0.2, 0.25) is 0 Å². The fourth-order valence-electron chi connectivity index (χ4n) is 4.08. The molecule has 3 aromatic carbocycles. The first kappa shape index (κ1) is 22.0. The third kappa shape index (κ3) is 4.61. The molecule has 6 heteroatoms. The molecule has 0 aliphatic heterocycles. The van der Waals surface area contributed by atoms with E-state index in [0.29, 0.717) is 6.61 Å². The number of ether oxygens (including phenoxy) is 1. The molecule has 0 aliphatic rings. The van der Waals surface area contributed by atoms with Gasteiger partial charge >= 0.3 is 0 Å². The maximum absolute atomic E-state index is 6.02. The maximum atomic E-state index is 6.02. The fourth-order valence-corrected chi connectivity index (χ4v) is 4.20. The highest BCUT2D eigenvalue weighted by atomic mass is 35.5. The van der Waals surface area contributed by atoms with Crippen LogP contribution < -0.4 is 10.1 Å². The third-order valence-corrected chi connectivity index (χ3v) is 5.97. The second-order valence-electron chi connectivity index (χ2n) is 7.93. The highest BCUT2D eigenvalue weighted by Crippen LogP contribution is 2.35. The number of nitrogens with zero attached hydrogens (tertiary/aromatic N) is 3. The number of halogens is 1. The van der Waals surface area contributed by atoms with Crippen LogP contribution >= 0.6 is 11.6 Å². The Labute approximate surface area is 204 Å². The van der Waals surface area contributed by atoms with Crippen LogP contribution in [0.5, 0.6) is 5.75 Å². The molecule has 1 N–H and O–H groups in total. The molecule has 0 saturated carbocycles. The van der Waals surface area contributed by atoms with E-state index in [1.807, 2.05) is 49.4 Å². The SMILES string of the molecule is CCOc1ccc(-n2cc(-c3ccccc3)c3c(NCCc4ccc(Cl)cc4)ncnc32)cc1. The standard InChI is InChI=1S/C28H25ClN4O/c1-2-34-24-14-12-23(13-15-24)33-18-25(21-6-4-3-5-7-21)26-27(31-19-32-28(26)33)30-17-16-20-8-10-22(29)11-9-20/h3-15,18-19H,2,16-17H2,1H3,(H,30,31,32). The van der Waals surface area contributed by atoms with Crippen molar-refractivity contribution in [3.05, 3.63) is 102 Å². The van der Waals surface area contributed by atoms with Gasteiger partial charge in [0.15, 0.2) is 5.65 Å². The Morgan fingerprint density at radius 1 is 0.912 bits per heavy atom. The Kier molecular flexibility index (Phi) is 6.45. The number of hydrogen-bond acceptors (Lipinski definition) is 4. The average Bonchev–Trinajstić information content (AvgIpc) is 3.27. The summed E-state index contributed by atoms with van der Waals surface area (Å²) in [5.41, 5.74) is 5.29. The van der Waals surface area contributed by atoms with E-state index < -0.39 is 0 Å². The van der Waals surface area contributed by atoms with E-state index in [1.54, 1.807) is 6.33 Å². The summed E-state index contributed by atoms with van der Waals surface area (Å²) >= 11 is 6.02. The topological polar surface area (TPSA) is 52.0 Å². The zero-order chi connectivity index (χ0) is 23.3. The molecule has 5 rings (SSSR count). The van der Waals surface area contributed by atoms with Gasteiger partial charge < -0.3 is 14.6 Å². The van der Waals surface area contributed by atoms with Gasteiger partial charge in [-0.3, -0.25) is 0 Å². The number of nitrogens with one attached hydrogen (secondary N) is 1. The summed E-state index contributed by atoms with van der Waals surface area (Å²) in [6.07, 6.45) is 4.62. The summed E-state index contributed by atoms with van der Waals surface area (Å²) in [4.78, 5) is 9.27. The van der Waals surface area contributed by atoms with Crippen molar-refractivity contribution in [3.8, 4) is 22.6 Å². The van der Waals surface area contributed by atoms with Crippen molar-refractivity contribution < 1.29 is 4.74 Å². The van der Waals surface area contributed by atoms with E-state index >= 15 is 0 Å². The van der Waals surface area contributed by atoms with Crippen molar-refractivity contribution in [3.63, 3.8) is 0 Å². The first-order valence-electron chi connectivity index (χ1n) is 11.4. The summed E-state index contributed by atoms with van der Waals surface area (Å²) in [6.45, 7) is 3.37. The molecule has 34 heavy (non-hydrogen) atoms. The fraction of sp³-hybridized carbons (Fsp3) is 0.143. The minimum atomic E-state index is 0.641. The van der Waals surface area contributed by atoms with Crippen LogP contribution in [0.15, 0.2) is 91.4 Å². The minimum absolute atomic E-state index is 0.641. The number of hydrogen-bond donors (Lipinski definition) is 1. The van der Waals surface area contributed by atoms with E-state index in [2.05, 4.69) is 62.4 Å². The Morgan fingerprint density at radius 2 is 1.68 bits per heavy atom. The summed E-state index contributed by atoms with van der Waals surface area (Å²) < 4.78 is 7.72. The van der Waals surface area contributed by atoms with Crippen LogP contribution in [-0.2, 0) is 6.42 Å². The Balaban J connectivity index is 1.53. The minimum Gasteiger partial charge on any atom is -0.494 e.